The second-order valence-electron chi connectivity index (χ2n) is 3.30. The quantitative estimate of drug-likeness (QED) is 0.351. The molecule has 0 spiro atoms. The molecule has 94 valence electrons. The first-order chi connectivity index (χ1) is 7.97. The van der Waals surface area contributed by atoms with Gasteiger partial charge in [-0.25, -0.2) is 0 Å². The minimum absolute atomic E-state index is 0.0202. The molecule has 1 aromatic carbocycles. The van der Waals surface area contributed by atoms with Crippen molar-refractivity contribution in [2.75, 3.05) is 12.3 Å². The fourth-order valence-corrected chi connectivity index (χ4v) is 2.32. The molecule has 3 N–H and O–H groups in total. The molecule has 0 atom stereocenters. The van der Waals surface area contributed by atoms with Gasteiger partial charge >= 0.3 is 9.15 Å². The topological polar surface area (TPSA) is 92.8 Å². The molecule has 0 aliphatic rings. The third kappa shape index (κ3) is 6.98. The molecule has 0 unspecified atom stereocenters. The van der Waals surface area contributed by atoms with Crippen LogP contribution in [-0.4, -0.2) is 31.1 Å². The van der Waals surface area contributed by atoms with Crippen LogP contribution in [0.25, 0.3) is 0 Å². The van der Waals surface area contributed by atoms with E-state index in [0.717, 1.165) is 12.0 Å². The average molecular weight is 274 g/mol. The van der Waals surface area contributed by atoms with E-state index in [1.807, 2.05) is 30.3 Å². The summed E-state index contributed by atoms with van der Waals surface area (Å²) in [6.45, 7) is 0.502. The molecule has 5 nitrogen and oxygen atoms in total. The van der Waals surface area contributed by atoms with Crippen LogP contribution in [0.3, 0.4) is 0 Å². The summed E-state index contributed by atoms with van der Waals surface area (Å²) >= 11 is 0. The predicted octanol–water partition coefficient (Wildman–Crippen LogP) is 1.12. The third-order valence-corrected chi connectivity index (χ3v) is 3.87. The predicted molar refractivity (Wildman–Crippen MR) is 70.6 cm³/mol. The van der Waals surface area contributed by atoms with Crippen LogP contribution in [0.2, 0.25) is 0 Å². The molecule has 7 heteroatoms. The minimum atomic E-state index is -4.04. The number of amidine groups is 1. The Labute approximate surface area is 104 Å². The van der Waals surface area contributed by atoms with Gasteiger partial charge in [-0.15, -0.1) is 0 Å². The van der Waals surface area contributed by atoms with Gasteiger partial charge in [0.2, 0.25) is 0 Å². The van der Waals surface area contributed by atoms with Crippen molar-refractivity contribution in [2.24, 2.45) is 10.7 Å². The third-order valence-electron chi connectivity index (χ3n) is 1.91. The second kappa shape index (κ2) is 6.63. The number of aliphatic imine (C=N–C) groups is 1. The molecule has 1 aromatic rings. The van der Waals surface area contributed by atoms with Crippen molar-refractivity contribution in [3.8, 4) is 0 Å². The molecule has 0 bridgehead atoms. The zero-order valence-electron chi connectivity index (χ0n) is 9.11. The molecule has 17 heavy (non-hydrogen) atoms. The number of hydrogen-bond acceptors (Lipinski definition) is 4. The van der Waals surface area contributed by atoms with E-state index in [1.165, 1.54) is 0 Å². The highest BCUT2D eigenvalue weighted by Crippen LogP contribution is 2.08. The first kappa shape index (κ1) is 14.0. The molecule has 0 fully saturated rings. The fourth-order valence-electron chi connectivity index (χ4n) is 1.15. The molecule has 1 rings (SSSR count). The highest BCUT2D eigenvalue weighted by Gasteiger charge is 2.06. The maximum Gasteiger partial charge on any atom is 0.320 e. The average Bonchev–Trinajstić information content (AvgIpc) is 2.27. The van der Waals surface area contributed by atoms with Gasteiger partial charge in [0, 0.05) is 17.3 Å². The van der Waals surface area contributed by atoms with Crippen molar-refractivity contribution in [1.29, 1.82) is 0 Å². The van der Waals surface area contributed by atoms with Crippen molar-refractivity contribution in [3.63, 3.8) is 0 Å². The van der Waals surface area contributed by atoms with Crippen LogP contribution >= 0.6 is 10.8 Å². The lowest BCUT2D eigenvalue weighted by atomic mass is 10.2. The van der Waals surface area contributed by atoms with E-state index < -0.39 is 9.15 Å². The number of nitrogens with two attached hydrogens (primary N) is 1. The molecule has 0 radical (unpaired) electrons. The molecule has 0 aliphatic heterocycles. The van der Waals surface area contributed by atoms with E-state index in [9.17, 15) is 8.42 Å². The Morgan fingerprint density at radius 1 is 1.35 bits per heavy atom. The fraction of sp³-hybridized carbons (Fsp3) is 0.300. The zero-order chi connectivity index (χ0) is 12.7. The van der Waals surface area contributed by atoms with Crippen LogP contribution in [0.5, 0.6) is 0 Å². The molecular formula is C10H14N2O3S2. The highest BCUT2D eigenvalue weighted by molar-refractivity contribution is 8.70. The van der Waals surface area contributed by atoms with Crippen LogP contribution in [0.15, 0.2) is 35.3 Å². The van der Waals surface area contributed by atoms with E-state index in [2.05, 4.69) is 4.99 Å². The summed E-state index contributed by atoms with van der Waals surface area (Å²) in [6.07, 6.45) is 0.748. The van der Waals surface area contributed by atoms with Gasteiger partial charge in [-0.1, -0.05) is 30.3 Å². The lowest BCUT2D eigenvalue weighted by molar-refractivity contribution is 0.503. The molecule has 0 amide bonds. The Balaban J connectivity index is 2.34. The number of rotatable bonds is 6. The number of nitrogens with zero attached hydrogens (tertiary/aromatic N) is 1. The monoisotopic (exact) mass is 274 g/mol. The van der Waals surface area contributed by atoms with E-state index in [1.54, 1.807) is 0 Å². The van der Waals surface area contributed by atoms with E-state index in [0.29, 0.717) is 17.3 Å². The number of benzene rings is 1. The first-order valence-corrected chi connectivity index (χ1v) is 7.86. The standard InChI is InChI=1S/C10H14N2O3S2/c11-10(8-16-17(13,14)15)12-7-6-9-4-2-1-3-5-9/h1-5H,6-8H2,(H2,11,12)(H,13,14,15). The minimum Gasteiger partial charge on any atom is -0.387 e. The summed E-state index contributed by atoms with van der Waals surface area (Å²) < 4.78 is 29.4. The Bertz CT molecular complexity index is 472. The summed E-state index contributed by atoms with van der Waals surface area (Å²) in [5.74, 6) is 0.191. The van der Waals surface area contributed by atoms with Crippen LogP contribution in [0, 0.1) is 0 Å². The van der Waals surface area contributed by atoms with Gasteiger partial charge in [-0.2, -0.15) is 8.42 Å². The largest absolute Gasteiger partial charge is 0.387 e. The molecule has 0 saturated carbocycles. The van der Waals surface area contributed by atoms with Gasteiger partial charge in [0.25, 0.3) is 0 Å². The Morgan fingerprint density at radius 3 is 2.59 bits per heavy atom. The van der Waals surface area contributed by atoms with Crippen molar-refractivity contribution in [3.05, 3.63) is 35.9 Å². The van der Waals surface area contributed by atoms with Crippen molar-refractivity contribution < 1.29 is 13.0 Å². The molecule has 0 heterocycles. The van der Waals surface area contributed by atoms with Crippen LogP contribution in [-0.2, 0) is 15.6 Å². The second-order valence-corrected chi connectivity index (χ2v) is 6.65. The van der Waals surface area contributed by atoms with E-state index >= 15 is 0 Å². The zero-order valence-corrected chi connectivity index (χ0v) is 10.7. The van der Waals surface area contributed by atoms with Gasteiger partial charge in [-0.05, 0) is 12.0 Å². The van der Waals surface area contributed by atoms with Gasteiger partial charge in [0.15, 0.2) is 0 Å². The Morgan fingerprint density at radius 2 is 2.00 bits per heavy atom. The number of hydrogen-bond donors (Lipinski definition) is 2. The van der Waals surface area contributed by atoms with Gasteiger partial charge < -0.3 is 5.73 Å². The summed E-state index contributed by atoms with van der Waals surface area (Å²) in [6, 6.07) is 9.79. The lowest BCUT2D eigenvalue weighted by Gasteiger charge is -2.00. The van der Waals surface area contributed by atoms with E-state index in [4.69, 9.17) is 10.3 Å². The summed E-state index contributed by atoms with van der Waals surface area (Å²) in [7, 11) is -3.68. The summed E-state index contributed by atoms with van der Waals surface area (Å²) in [4.78, 5) is 4.02. The lowest BCUT2D eigenvalue weighted by Crippen LogP contribution is -2.16. The van der Waals surface area contributed by atoms with Crippen LogP contribution < -0.4 is 5.73 Å². The maximum absolute atomic E-state index is 10.4. The summed E-state index contributed by atoms with van der Waals surface area (Å²) in [5, 5.41) is 0. The first-order valence-electron chi connectivity index (χ1n) is 4.92. The smallest absolute Gasteiger partial charge is 0.320 e. The highest BCUT2D eigenvalue weighted by atomic mass is 33.1. The van der Waals surface area contributed by atoms with Crippen molar-refractivity contribution in [1.82, 2.24) is 0 Å². The van der Waals surface area contributed by atoms with Crippen molar-refractivity contribution >= 4 is 25.8 Å². The van der Waals surface area contributed by atoms with Gasteiger partial charge in [0.05, 0.1) is 5.75 Å². The molecule has 0 saturated heterocycles. The normalized spacial score (nSPS) is 12.6. The maximum atomic E-state index is 10.4. The molecule has 0 aromatic heterocycles. The van der Waals surface area contributed by atoms with Crippen molar-refractivity contribution in [2.45, 2.75) is 6.42 Å². The van der Waals surface area contributed by atoms with Crippen LogP contribution in [0.4, 0.5) is 0 Å². The SMILES string of the molecule is NC(CSS(=O)(=O)O)=NCCc1ccccc1. The summed E-state index contributed by atoms with van der Waals surface area (Å²) in [5.41, 5.74) is 6.64. The van der Waals surface area contributed by atoms with Crippen LogP contribution in [0.1, 0.15) is 5.56 Å². The molecule has 0 aliphatic carbocycles. The Hall–Kier alpha value is -1.05. The Kier molecular flexibility index (Phi) is 5.46. The van der Waals surface area contributed by atoms with E-state index in [-0.39, 0.29) is 11.6 Å². The van der Waals surface area contributed by atoms with Gasteiger partial charge in [-0.3, -0.25) is 9.55 Å². The van der Waals surface area contributed by atoms with Gasteiger partial charge in [0.1, 0.15) is 5.84 Å². The molecular weight excluding hydrogens is 260 g/mol.